The minimum absolute atomic E-state index is 0.140. The highest BCUT2D eigenvalue weighted by atomic mass is 32.2. The van der Waals surface area contributed by atoms with Crippen LogP contribution in [0.3, 0.4) is 0 Å². The molecule has 1 saturated heterocycles. The van der Waals surface area contributed by atoms with Crippen molar-refractivity contribution in [2.24, 2.45) is 0 Å². The third-order valence-electron chi connectivity index (χ3n) is 4.30. The van der Waals surface area contributed by atoms with E-state index in [4.69, 9.17) is 9.47 Å². The van der Waals surface area contributed by atoms with Gasteiger partial charge in [0.25, 0.3) is 11.1 Å². The second-order valence-electron chi connectivity index (χ2n) is 6.36. The fraction of sp³-hybridized carbons (Fsp3) is 0.227. The number of halogens is 1. The monoisotopic (exact) mass is 445 g/mol. The molecule has 31 heavy (non-hydrogen) atoms. The van der Waals surface area contributed by atoms with E-state index in [1.54, 1.807) is 43.3 Å². The molecular formula is C22H20FNO6S. The van der Waals surface area contributed by atoms with Crippen LogP contribution >= 0.6 is 11.8 Å². The first-order valence-corrected chi connectivity index (χ1v) is 10.2. The Morgan fingerprint density at radius 3 is 2.61 bits per heavy atom. The Balaban J connectivity index is 1.79. The number of imide groups is 1. The molecule has 1 heterocycles. The van der Waals surface area contributed by atoms with E-state index < -0.39 is 22.9 Å². The number of carbonyl (C=O) groups excluding carboxylic acids is 3. The maximum Gasteiger partial charge on any atom is 0.343 e. The molecule has 0 atom stereocenters. The van der Waals surface area contributed by atoms with Crippen molar-refractivity contribution in [2.45, 2.75) is 13.5 Å². The Kier molecular flexibility index (Phi) is 7.30. The number of hydrogen-bond acceptors (Lipinski definition) is 7. The minimum atomic E-state index is -0.532. The molecule has 0 aliphatic carbocycles. The second kappa shape index (κ2) is 10.1. The van der Waals surface area contributed by atoms with Crippen molar-refractivity contribution in [3.05, 3.63) is 64.3 Å². The van der Waals surface area contributed by atoms with Gasteiger partial charge in [-0.25, -0.2) is 9.18 Å². The Labute approximate surface area is 182 Å². The molecule has 0 bridgehead atoms. The van der Waals surface area contributed by atoms with Crippen molar-refractivity contribution in [2.75, 3.05) is 20.3 Å². The van der Waals surface area contributed by atoms with E-state index in [-0.39, 0.29) is 23.6 Å². The molecule has 7 nitrogen and oxygen atoms in total. The van der Waals surface area contributed by atoms with E-state index in [9.17, 15) is 18.8 Å². The number of amides is 2. The summed E-state index contributed by atoms with van der Waals surface area (Å²) < 4.78 is 29.4. The molecule has 1 aliphatic heterocycles. The van der Waals surface area contributed by atoms with Crippen LogP contribution < -0.4 is 9.47 Å². The summed E-state index contributed by atoms with van der Waals surface area (Å²) in [7, 11) is 1.26. The van der Waals surface area contributed by atoms with Crippen LogP contribution in [0.15, 0.2) is 47.4 Å². The first-order valence-electron chi connectivity index (χ1n) is 9.38. The van der Waals surface area contributed by atoms with Gasteiger partial charge in [0.15, 0.2) is 18.1 Å². The lowest BCUT2D eigenvalue weighted by Crippen LogP contribution is -2.27. The summed E-state index contributed by atoms with van der Waals surface area (Å²) in [5.74, 6) is -0.783. The van der Waals surface area contributed by atoms with Crippen molar-refractivity contribution in [1.29, 1.82) is 0 Å². The Morgan fingerprint density at radius 2 is 1.90 bits per heavy atom. The molecule has 162 valence electrons. The zero-order valence-electron chi connectivity index (χ0n) is 16.9. The van der Waals surface area contributed by atoms with Crippen LogP contribution in [-0.2, 0) is 20.9 Å². The van der Waals surface area contributed by atoms with Gasteiger partial charge in [0.05, 0.1) is 25.2 Å². The summed E-state index contributed by atoms with van der Waals surface area (Å²) >= 11 is 0.785. The fourth-order valence-electron chi connectivity index (χ4n) is 2.78. The van der Waals surface area contributed by atoms with Gasteiger partial charge in [0.2, 0.25) is 0 Å². The van der Waals surface area contributed by atoms with Crippen molar-refractivity contribution < 1.29 is 33.0 Å². The van der Waals surface area contributed by atoms with Crippen molar-refractivity contribution in [3.8, 4) is 11.5 Å². The second-order valence-corrected chi connectivity index (χ2v) is 7.36. The van der Waals surface area contributed by atoms with E-state index in [1.165, 1.54) is 19.2 Å². The summed E-state index contributed by atoms with van der Waals surface area (Å²) in [5.41, 5.74) is 0.863. The molecule has 1 aliphatic rings. The lowest BCUT2D eigenvalue weighted by molar-refractivity contribution is -0.142. The number of rotatable bonds is 8. The fourth-order valence-corrected chi connectivity index (χ4v) is 3.62. The quantitative estimate of drug-likeness (QED) is 0.448. The molecule has 0 aromatic heterocycles. The highest BCUT2D eigenvalue weighted by Gasteiger charge is 2.35. The van der Waals surface area contributed by atoms with Crippen LogP contribution in [0.4, 0.5) is 9.18 Å². The van der Waals surface area contributed by atoms with Gasteiger partial charge >= 0.3 is 5.97 Å². The van der Waals surface area contributed by atoms with Crippen LogP contribution in [0, 0.1) is 5.82 Å². The van der Waals surface area contributed by atoms with E-state index in [1.807, 2.05) is 0 Å². The smallest absolute Gasteiger partial charge is 0.343 e. The highest BCUT2D eigenvalue weighted by molar-refractivity contribution is 8.18. The van der Waals surface area contributed by atoms with Gasteiger partial charge in [0, 0.05) is 5.56 Å². The molecule has 2 aromatic carbocycles. The predicted molar refractivity (Wildman–Crippen MR) is 113 cm³/mol. The number of hydrogen-bond donors (Lipinski definition) is 0. The van der Waals surface area contributed by atoms with E-state index in [0.717, 1.165) is 16.7 Å². The number of esters is 1. The molecule has 3 rings (SSSR count). The van der Waals surface area contributed by atoms with Gasteiger partial charge in [-0.3, -0.25) is 14.5 Å². The number of nitrogens with zero attached hydrogens (tertiary/aromatic N) is 1. The molecular weight excluding hydrogens is 425 g/mol. The summed E-state index contributed by atoms with van der Waals surface area (Å²) in [6.45, 7) is 1.74. The summed E-state index contributed by atoms with van der Waals surface area (Å²) in [5, 5.41) is -0.470. The zero-order valence-corrected chi connectivity index (χ0v) is 17.7. The SMILES string of the molecule is CCOc1cc(/C=C2/SC(=O)N(Cc3ccccc3F)C2=O)ccc1OCC(=O)OC. The van der Waals surface area contributed by atoms with Gasteiger partial charge in [-0.1, -0.05) is 24.3 Å². The molecule has 2 aromatic rings. The first-order chi connectivity index (χ1) is 14.9. The maximum atomic E-state index is 13.9. The summed E-state index contributed by atoms with van der Waals surface area (Å²) in [6.07, 6.45) is 1.55. The predicted octanol–water partition coefficient (Wildman–Crippen LogP) is 4.01. The third kappa shape index (κ3) is 5.43. The van der Waals surface area contributed by atoms with Crippen LogP contribution in [0.2, 0.25) is 0 Å². The Morgan fingerprint density at radius 1 is 1.13 bits per heavy atom. The summed E-state index contributed by atoms with van der Waals surface area (Å²) in [6, 6.07) is 10.9. The average Bonchev–Trinajstić information content (AvgIpc) is 3.02. The third-order valence-corrected chi connectivity index (χ3v) is 5.21. The van der Waals surface area contributed by atoms with E-state index in [2.05, 4.69) is 4.74 Å². The van der Waals surface area contributed by atoms with Crippen molar-refractivity contribution in [1.82, 2.24) is 4.90 Å². The van der Waals surface area contributed by atoms with E-state index >= 15 is 0 Å². The number of carbonyl (C=O) groups is 3. The van der Waals surface area contributed by atoms with Gasteiger partial charge in [-0.15, -0.1) is 0 Å². The van der Waals surface area contributed by atoms with E-state index in [0.29, 0.717) is 23.7 Å². The maximum absolute atomic E-state index is 13.9. The van der Waals surface area contributed by atoms with Crippen molar-refractivity contribution in [3.63, 3.8) is 0 Å². The molecule has 0 radical (unpaired) electrons. The molecule has 0 unspecified atom stereocenters. The number of benzene rings is 2. The van der Waals surface area contributed by atoms with Crippen molar-refractivity contribution >= 4 is 35.0 Å². The van der Waals surface area contributed by atoms with Gasteiger partial charge < -0.3 is 14.2 Å². The lowest BCUT2D eigenvalue weighted by Gasteiger charge is -2.13. The van der Waals surface area contributed by atoms with Gasteiger partial charge in [-0.2, -0.15) is 0 Å². The molecule has 0 N–H and O–H groups in total. The molecule has 0 saturated carbocycles. The topological polar surface area (TPSA) is 82.1 Å². The lowest BCUT2D eigenvalue weighted by atomic mass is 10.1. The highest BCUT2D eigenvalue weighted by Crippen LogP contribution is 2.35. The number of methoxy groups -OCH3 is 1. The molecule has 1 fully saturated rings. The van der Waals surface area contributed by atoms with Crippen LogP contribution in [0.25, 0.3) is 6.08 Å². The average molecular weight is 445 g/mol. The number of ether oxygens (including phenoxy) is 3. The van der Waals surface area contributed by atoms with Gasteiger partial charge in [-0.05, 0) is 48.5 Å². The standard InChI is InChI=1S/C22H20FNO6S/c1-3-29-18-10-14(8-9-17(18)30-13-20(25)28-2)11-19-21(26)24(22(27)31-19)12-15-6-4-5-7-16(15)23/h4-11H,3,12-13H2,1-2H3/b19-11+. The molecule has 0 spiro atoms. The zero-order chi connectivity index (χ0) is 22.4. The minimum Gasteiger partial charge on any atom is -0.490 e. The first kappa shape index (κ1) is 22.4. The number of thioether (sulfide) groups is 1. The molecule has 9 heteroatoms. The molecule has 2 amide bonds. The van der Waals surface area contributed by atoms with Crippen LogP contribution in [0.1, 0.15) is 18.1 Å². The summed E-state index contributed by atoms with van der Waals surface area (Å²) in [4.78, 5) is 37.6. The largest absolute Gasteiger partial charge is 0.490 e. The normalized spacial score (nSPS) is 14.8. The van der Waals surface area contributed by atoms with Crippen LogP contribution in [0.5, 0.6) is 11.5 Å². The van der Waals surface area contributed by atoms with Crippen LogP contribution in [-0.4, -0.2) is 42.3 Å². The Hall–Kier alpha value is -3.33. The van der Waals surface area contributed by atoms with Gasteiger partial charge in [0.1, 0.15) is 5.82 Å². The Bertz CT molecular complexity index is 1040.